The van der Waals surface area contributed by atoms with Crippen molar-refractivity contribution in [3.63, 3.8) is 0 Å². The van der Waals surface area contributed by atoms with Crippen LogP contribution in [0.15, 0.2) is 72.8 Å². The van der Waals surface area contributed by atoms with Crippen molar-refractivity contribution >= 4 is 23.9 Å². The number of hydrogen-bond acceptors (Lipinski definition) is 8. The molecule has 0 fully saturated rings. The molecule has 46 heavy (non-hydrogen) atoms. The van der Waals surface area contributed by atoms with Crippen LogP contribution in [0.5, 0.6) is 23.0 Å². The van der Waals surface area contributed by atoms with Gasteiger partial charge >= 0.3 is 23.9 Å². The predicted molar refractivity (Wildman–Crippen MR) is 163 cm³/mol. The van der Waals surface area contributed by atoms with E-state index in [1.807, 2.05) is 0 Å². The van der Waals surface area contributed by atoms with Gasteiger partial charge < -0.3 is 39.4 Å². The van der Waals surface area contributed by atoms with Gasteiger partial charge in [0.2, 0.25) is 0 Å². The van der Waals surface area contributed by atoms with Crippen molar-refractivity contribution in [2.75, 3.05) is 28.4 Å². The highest BCUT2D eigenvalue weighted by Gasteiger charge is 2.32. The van der Waals surface area contributed by atoms with E-state index < -0.39 is 35.7 Å². The first-order valence-electron chi connectivity index (χ1n) is 13.6. The van der Waals surface area contributed by atoms with Crippen LogP contribution in [0.1, 0.15) is 75.5 Å². The van der Waals surface area contributed by atoms with Gasteiger partial charge in [-0.1, -0.05) is 24.3 Å². The van der Waals surface area contributed by atoms with E-state index in [1.165, 1.54) is 52.7 Å². The van der Waals surface area contributed by atoms with Crippen LogP contribution < -0.4 is 18.9 Å². The summed E-state index contributed by atoms with van der Waals surface area (Å²) >= 11 is 0. The smallest absolute Gasteiger partial charge is 0.339 e. The van der Waals surface area contributed by atoms with E-state index in [0.717, 1.165) is 0 Å². The molecule has 4 aromatic carbocycles. The van der Waals surface area contributed by atoms with E-state index in [9.17, 15) is 39.6 Å². The Balaban J connectivity index is 2.14. The van der Waals surface area contributed by atoms with Crippen LogP contribution in [0.2, 0.25) is 0 Å². The molecule has 0 saturated carbocycles. The van der Waals surface area contributed by atoms with Gasteiger partial charge in [-0.05, 0) is 70.8 Å². The summed E-state index contributed by atoms with van der Waals surface area (Å²) in [4.78, 5) is 47.7. The number of carboxylic acid groups (broad SMARTS) is 4. The Labute approximate surface area is 263 Å². The van der Waals surface area contributed by atoms with Gasteiger partial charge in [0.05, 0.1) is 28.4 Å². The lowest BCUT2D eigenvalue weighted by Gasteiger charge is -2.31. The molecule has 12 heteroatoms. The lowest BCUT2D eigenvalue weighted by molar-refractivity contribution is 0.0682. The second-order valence-electron chi connectivity index (χ2n) is 10.0. The first kappa shape index (κ1) is 32.9. The van der Waals surface area contributed by atoms with Crippen LogP contribution in [0.25, 0.3) is 0 Å². The Hall–Kier alpha value is -6.04. The van der Waals surface area contributed by atoms with Crippen LogP contribution in [-0.4, -0.2) is 72.7 Å². The van der Waals surface area contributed by atoms with Crippen molar-refractivity contribution in [1.82, 2.24) is 0 Å². The molecule has 12 nitrogen and oxygen atoms in total. The molecule has 0 amide bonds. The van der Waals surface area contributed by atoms with Crippen molar-refractivity contribution < 1.29 is 58.6 Å². The van der Waals surface area contributed by atoms with Crippen molar-refractivity contribution in [3.05, 3.63) is 117 Å². The third-order valence-electron chi connectivity index (χ3n) is 7.59. The normalized spacial score (nSPS) is 10.8. The van der Waals surface area contributed by atoms with Gasteiger partial charge in [-0.3, -0.25) is 0 Å². The zero-order chi connectivity index (χ0) is 33.7. The van der Waals surface area contributed by atoms with Gasteiger partial charge in [-0.2, -0.15) is 0 Å². The van der Waals surface area contributed by atoms with Crippen molar-refractivity contribution in [3.8, 4) is 23.0 Å². The van der Waals surface area contributed by atoms with E-state index in [1.54, 1.807) is 48.5 Å². The molecule has 0 atom stereocenters. The summed E-state index contributed by atoms with van der Waals surface area (Å²) in [5.74, 6) is -6.15. The Bertz CT molecular complexity index is 1560. The van der Waals surface area contributed by atoms with Crippen LogP contribution >= 0.6 is 0 Å². The summed E-state index contributed by atoms with van der Waals surface area (Å²) in [6.07, 6.45) is 0. The number of rotatable bonds is 13. The maximum absolute atomic E-state index is 11.9. The first-order chi connectivity index (χ1) is 21.9. The fraction of sp³-hybridized carbons (Fsp3) is 0.176. The van der Waals surface area contributed by atoms with Crippen molar-refractivity contribution in [1.29, 1.82) is 0 Å². The average molecular weight is 631 g/mol. The minimum Gasteiger partial charge on any atom is -0.496 e. The van der Waals surface area contributed by atoms with Gasteiger partial charge in [0, 0.05) is 11.8 Å². The molecule has 0 aliphatic heterocycles. The zero-order valence-electron chi connectivity index (χ0n) is 25.1. The van der Waals surface area contributed by atoms with Gasteiger partial charge in [0.1, 0.15) is 45.3 Å². The standard InChI is InChI=1S/C34H30O12/c1-43-25-13-17(5-9-21(25)31(35)36)29(18-6-10-22(32(37)38)26(14-18)44-2)30(19-7-11-23(33(39)40)27(15-19)45-3)20-8-12-24(34(41)42)28(16-20)46-4/h5-16,29-30H,1-4H3,(H,35,36)(H,37,38)(H,39,40)(H,41,42). The van der Waals surface area contributed by atoms with Crippen LogP contribution in [0, 0.1) is 0 Å². The second kappa shape index (κ2) is 13.7. The quantitative estimate of drug-likeness (QED) is 0.146. The summed E-state index contributed by atoms with van der Waals surface area (Å²) in [5.41, 5.74) is 1.72. The van der Waals surface area contributed by atoms with Crippen LogP contribution in [-0.2, 0) is 0 Å². The van der Waals surface area contributed by atoms with Crippen LogP contribution in [0.3, 0.4) is 0 Å². The number of aromatic carboxylic acids is 4. The number of ether oxygens (including phenoxy) is 4. The number of hydrogen-bond donors (Lipinski definition) is 4. The van der Waals surface area contributed by atoms with Crippen molar-refractivity contribution in [2.24, 2.45) is 0 Å². The first-order valence-corrected chi connectivity index (χ1v) is 13.6. The van der Waals surface area contributed by atoms with Gasteiger partial charge in [0.25, 0.3) is 0 Å². The van der Waals surface area contributed by atoms with E-state index >= 15 is 0 Å². The largest absolute Gasteiger partial charge is 0.496 e. The fourth-order valence-electron chi connectivity index (χ4n) is 5.47. The van der Waals surface area contributed by atoms with Gasteiger partial charge in [-0.15, -0.1) is 0 Å². The molecule has 0 aliphatic carbocycles. The topological polar surface area (TPSA) is 186 Å². The average Bonchev–Trinajstić information content (AvgIpc) is 3.05. The highest BCUT2D eigenvalue weighted by Crippen LogP contribution is 2.47. The Morgan fingerprint density at radius 2 is 0.609 bits per heavy atom. The lowest BCUT2D eigenvalue weighted by Crippen LogP contribution is -2.17. The molecule has 0 aliphatic rings. The highest BCUT2D eigenvalue weighted by atomic mass is 16.5. The summed E-state index contributed by atoms with van der Waals surface area (Å²) in [6, 6.07) is 18.1. The summed E-state index contributed by atoms with van der Waals surface area (Å²) in [6.45, 7) is 0. The molecule has 0 saturated heterocycles. The minimum absolute atomic E-state index is 0.0560. The Kier molecular flexibility index (Phi) is 9.80. The fourth-order valence-corrected chi connectivity index (χ4v) is 5.47. The Morgan fingerprint density at radius 3 is 0.761 bits per heavy atom. The van der Waals surface area contributed by atoms with E-state index in [4.69, 9.17) is 18.9 Å². The molecule has 4 aromatic rings. The molecule has 0 radical (unpaired) electrons. The predicted octanol–water partition coefficient (Wildman–Crippen LogP) is 5.48. The molecular formula is C34H30O12. The molecular weight excluding hydrogens is 600 g/mol. The molecule has 0 spiro atoms. The van der Waals surface area contributed by atoms with Crippen LogP contribution in [0.4, 0.5) is 0 Å². The highest BCUT2D eigenvalue weighted by molar-refractivity contribution is 5.93. The second-order valence-corrected chi connectivity index (χ2v) is 10.0. The van der Waals surface area contributed by atoms with E-state index in [2.05, 4.69) is 0 Å². The summed E-state index contributed by atoms with van der Waals surface area (Å²) < 4.78 is 21.7. The maximum Gasteiger partial charge on any atom is 0.339 e. The molecule has 0 bridgehead atoms. The summed E-state index contributed by atoms with van der Waals surface area (Å²) in [7, 11) is 5.31. The SMILES string of the molecule is COc1cc(C(c2ccc(C(=O)O)c(OC)c2)C(c2ccc(C(=O)O)c(OC)c2)c2ccc(C(=O)O)c(OC)c2)ccc1C(=O)O. The van der Waals surface area contributed by atoms with Crippen molar-refractivity contribution in [2.45, 2.75) is 11.8 Å². The molecule has 238 valence electrons. The molecule has 0 heterocycles. The van der Waals surface area contributed by atoms with E-state index in [-0.39, 0.29) is 45.3 Å². The molecule has 0 aromatic heterocycles. The summed E-state index contributed by atoms with van der Waals surface area (Å²) in [5, 5.41) is 39.0. The third-order valence-corrected chi connectivity index (χ3v) is 7.59. The maximum atomic E-state index is 11.9. The number of carboxylic acids is 4. The number of methoxy groups -OCH3 is 4. The van der Waals surface area contributed by atoms with Gasteiger partial charge in [0.15, 0.2) is 0 Å². The number of benzene rings is 4. The lowest BCUT2D eigenvalue weighted by atomic mass is 9.73. The molecule has 0 unspecified atom stereocenters. The van der Waals surface area contributed by atoms with Gasteiger partial charge in [-0.25, -0.2) is 19.2 Å². The third kappa shape index (κ3) is 6.41. The monoisotopic (exact) mass is 630 g/mol. The Morgan fingerprint density at radius 1 is 0.413 bits per heavy atom. The molecule has 4 rings (SSSR count). The zero-order valence-corrected chi connectivity index (χ0v) is 25.1. The van der Waals surface area contributed by atoms with E-state index in [0.29, 0.717) is 22.3 Å². The number of carbonyl (C=O) groups is 4. The minimum atomic E-state index is -1.22. The molecule has 4 N–H and O–H groups in total.